The van der Waals surface area contributed by atoms with E-state index in [0.29, 0.717) is 5.69 Å². The summed E-state index contributed by atoms with van der Waals surface area (Å²) in [4.78, 5) is 0. The van der Waals surface area contributed by atoms with Gasteiger partial charge in [0.15, 0.2) is 0 Å². The Morgan fingerprint density at radius 2 is 2.05 bits per heavy atom. The third-order valence-corrected chi connectivity index (χ3v) is 4.01. The molecule has 0 amide bonds. The zero-order valence-corrected chi connectivity index (χ0v) is 11.6. The number of halogens is 2. The first kappa shape index (κ1) is 13.3. The van der Waals surface area contributed by atoms with Gasteiger partial charge in [0.05, 0.1) is 11.1 Å². The highest BCUT2D eigenvalue weighted by atomic mass is 35.5. The number of nitrogens with one attached hydrogen (secondary N) is 1. The van der Waals surface area contributed by atoms with Crippen molar-refractivity contribution in [2.24, 2.45) is 0 Å². The molecule has 1 aliphatic rings. The molecule has 3 rings (SSSR count). The summed E-state index contributed by atoms with van der Waals surface area (Å²) in [6.07, 6.45) is 3.05. The lowest BCUT2D eigenvalue weighted by atomic mass is 9.87. The summed E-state index contributed by atoms with van der Waals surface area (Å²) < 4.78 is 13.5. The maximum Gasteiger partial charge on any atom is 0.143 e. The number of hydrogen-bond donors (Lipinski definition) is 2. The third-order valence-electron chi connectivity index (χ3n) is 3.70. The SMILES string of the molecule is Oc1ccc2c(c1)C(Nc1ccc(Cl)c(F)c1)CCC2. The molecule has 2 aromatic carbocycles. The van der Waals surface area contributed by atoms with Crippen LogP contribution >= 0.6 is 11.6 Å². The van der Waals surface area contributed by atoms with Gasteiger partial charge >= 0.3 is 0 Å². The Balaban J connectivity index is 1.89. The van der Waals surface area contributed by atoms with E-state index in [1.165, 1.54) is 11.6 Å². The Morgan fingerprint density at radius 1 is 1.20 bits per heavy atom. The number of aromatic hydroxyl groups is 1. The minimum absolute atomic E-state index is 0.0893. The summed E-state index contributed by atoms with van der Waals surface area (Å²) >= 11 is 5.69. The molecular formula is C16H15ClFNO. The fourth-order valence-electron chi connectivity index (χ4n) is 2.72. The van der Waals surface area contributed by atoms with Gasteiger partial charge < -0.3 is 10.4 Å². The molecule has 0 aliphatic heterocycles. The number of hydrogen-bond acceptors (Lipinski definition) is 2. The number of phenols is 1. The fourth-order valence-corrected chi connectivity index (χ4v) is 2.84. The second-order valence-corrected chi connectivity index (χ2v) is 5.51. The molecule has 0 heterocycles. The highest BCUT2D eigenvalue weighted by Gasteiger charge is 2.20. The highest BCUT2D eigenvalue weighted by Crippen LogP contribution is 2.34. The topological polar surface area (TPSA) is 32.3 Å². The first-order valence-corrected chi connectivity index (χ1v) is 7.04. The maximum atomic E-state index is 13.5. The summed E-state index contributed by atoms with van der Waals surface area (Å²) in [7, 11) is 0. The van der Waals surface area contributed by atoms with Crippen LogP contribution in [0.2, 0.25) is 5.02 Å². The maximum absolute atomic E-state index is 13.5. The number of aryl methyl sites for hydroxylation is 1. The van der Waals surface area contributed by atoms with Gasteiger partial charge in [0, 0.05) is 5.69 Å². The van der Waals surface area contributed by atoms with Gasteiger partial charge in [-0.25, -0.2) is 4.39 Å². The molecule has 20 heavy (non-hydrogen) atoms. The van der Waals surface area contributed by atoms with E-state index in [1.54, 1.807) is 24.3 Å². The Morgan fingerprint density at radius 3 is 2.85 bits per heavy atom. The Kier molecular flexibility index (Phi) is 3.53. The van der Waals surface area contributed by atoms with Crippen molar-refractivity contribution in [1.82, 2.24) is 0 Å². The van der Waals surface area contributed by atoms with Gasteiger partial charge in [-0.3, -0.25) is 0 Å². The predicted molar refractivity (Wildman–Crippen MR) is 78.8 cm³/mol. The smallest absolute Gasteiger partial charge is 0.143 e. The lowest BCUT2D eigenvalue weighted by Gasteiger charge is -2.27. The summed E-state index contributed by atoms with van der Waals surface area (Å²) in [5.74, 6) is -0.164. The van der Waals surface area contributed by atoms with Gasteiger partial charge in [-0.1, -0.05) is 17.7 Å². The fraction of sp³-hybridized carbons (Fsp3) is 0.250. The van der Waals surface area contributed by atoms with Crippen molar-refractivity contribution < 1.29 is 9.50 Å². The first-order chi connectivity index (χ1) is 9.63. The van der Waals surface area contributed by atoms with Crippen molar-refractivity contribution in [3.8, 4) is 5.75 Å². The molecular weight excluding hydrogens is 277 g/mol. The van der Waals surface area contributed by atoms with E-state index in [9.17, 15) is 9.50 Å². The second-order valence-electron chi connectivity index (χ2n) is 5.10. The second kappa shape index (κ2) is 5.33. The average Bonchev–Trinajstić information content (AvgIpc) is 2.44. The molecule has 104 valence electrons. The summed E-state index contributed by atoms with van der Waals surface area (Å²) in [6.45, 7) is 0. The molecule has 0 saturated heterocycles. The van der Waals surface area contributed by atoms with E-state index in [-0.39, 0.29) is 16.8 Å². The molecule has 0 aromatic heterocycles. The van der Waals surface area contributed by atoms with Crippen LogP contribution in [-0.2, 0) is 6.42 Å². The number of benzene rings is 2. The van der Waals surface area contributed by atoms with Crippen LogP contribution in [0.4, 0.5) is 10.1 Å². The molecule has 0 fully saturated rings. The largest absolute Gasteiger partial charge is 0.508 e. The van der Waals surface area contributed by atoms with E-state index in [0.717, 1.165) is 24.8 Å². The van der Waals surface area contributed by atoms with E-state index in [2.05, 4.69) is 5.32 Å². The monoisotopic (exact) mass is 291 g/mol. The van der Waals surface area contributed by atoms with Crippen LogP contribution in [0, 0.1) is 5.82 Å². The van der Waals surface area contributed by atoms with Gasteiger partial charge in [-0.05, 0) is 60.7 Å². The molecule has 1 aliphatic carbocycles. The number of anilines is 1. The van der Waals surface area contributed by atoms with Crippen LogP contribution in [0.3, 0.4) is 0 Å². The lowest BCUT2D eigenvalue weighted by molar-refractivity contribution is 0.471. The van der Waals surface area contributed by atoms with Crippen molar-refractivity contribution in [3.05, 3.63) is 58.4 Å². The Bertz CT molecular complexity index is 644. The lowest BCUT2D eigenvalue weighted by Crippen LogP contribution is -2.17. The Labute approximate surface area is 122 Å². The van der Waals surface area contributed by atoms with Crippen LogP contribution in [0.1, 0.15) is 30.0 Å². The van der Waals surface area contributed by atoms with E-state index >= 15 is 0 Å². The van der Waals surface area contributed by atoms with Crippen LogP contribution in [0.25, 0.3) is 0 Å². The van der Waals surface area contributed by atoms with Gasteiger partial charge in [0.2, 0.25) is 0 Å². The number of rotatable bonds is 2. The van der Waals surface area contributed by atoms with Crippen molar-refractivity contribution >= 4 is 17.3 Å². The summed E-state index contributed by atoms with van der Waals surface area (Å²) in [6, 6.07) is 10.3. The van der Waals surface area contributed by atoms with E-state index < -0.39 is 5.82 Å². The standard InChI is InChI=1S/C16H15ClFNO/c17-14-7-5-11(8-15(14)18)19-16-3-1-2-10-4-6-12(20)9-13(10)16/h4-9,16,19-20H,1-3H2. The third kappa shape index (κ3) is 2.59. The number of fused-ring (bicyclic) bond motifs is 1. The van der Waals surface area contributed by atoms with Crippen molar-refractivity contribution in [2.75, 3.05) is 5.32 Å². The quantitative estimate of drug-likeness (QED) is 0.842. The zero-order valence-electron chi connectivity index (χ0n) is 10.9. The van der Waals surface area contributed by atoms with Crippen LogP contribution < -0.4 is 5.32 Å². The van der Waals surface area contributed by atoms with Crippen LogP contribution in [0.5, 0.6) is 5.75 Å². The minimum Gasteiger partial charge on any atom is -0.508 e. The summed E-state index contributed by atoms with van der Waals surface area (Å²) in [5, 5.41) is 13.1. The first-order valence-electron chi connectivity index (χ1n) is 6.67. The normalized spacial score (nSPS) is 17.6. The van der Waals surface area contributed by atoms with E-state index in [1.807, 2.05) is 6.07 Å². The van der Waals surface area contributed by atoms with Crippen LogP contribution in [-0.4, -0.2) is 5.11 Å². The predicted octanol–water partition coefficient (Wildman–Crippen LogP) is 4.67. The van der Waals surface area contributed by atoms with Gasteiger partial charge in [0.1, 0.15) is 11.6 Å². The van der Waals surface area contributed by atoms with Gasteiger partial charge in [-0.15, -0.1) is 0 Å². The minimum atomic E-state index is -0.427. The summed E-state index contributed by atoms with van der Waals surface area (Å²) in [5.41, 5.74) is 3.03. The molecule has 0 spiro atoms. The van der Waals surface area contributed by atoms with Crippen molar-refractivity contribution in [3.63, 3.8) is 0 Å². The molecule has 1 unspecified atom stereocenters. The van der Waals surface area contributed by atoms with Crippen LogP contribution in [0.15, 0.2) is 36.4 Å². The van der Waals surface area contributed by atoms with Gasteiger partial charge in [0.25, 0.3) is 0 Å². The molecule has 2 nitrogen and oxygen atoms in total. The average molecular weight is 292 g/mol. The molecule has 4 heteroatoms. The highest BCUT2D eigenvalue weighted by molar-refractivity contribution is 6.30. The van der Waals surface area contributed by atoms with E-state index in [4.69, 9.17) is 11.6 Å². The Hall–Kier alpha value is -1.74. The number of phenolic OH excluding ortho intramolecular Hbond substituents is 1. The molecule has 0 bridgehead atoms. The molecule has 0 radical (unpaired) electrons. The van der Waals surface area contributed by atoms with Gasteiger partial charge in [-0.2, -0.15) is 0 Å². The molecule has 2 aromatic rings. The zero-order chi connectivity index (χ0) is 14.1. The molecule has 0 saturated carbocycles. The molecule has 2 N–H and O–H groups in total. The molecule has 1 atom stereocenters. The van der Waals surface area contributed by atoms with Crippen molar-refractivity contribution in [1.29, 1.82) is 0 Å². The van der Waals surface area contributed by atoms with Crippen molar-refractivity contribution in [2.45, 2.75) is 25.3 Å².